The molecule has 126 valence electrons. The van der Waals surface area contributed by atoms with E-state index in [9.17, 15) is 20.2 Å². The SMILES string of the molecule is Cn1c(Sc2ccc([N+](=O)[O-])cc2[N+](=O)[O-])nnc1-c1ccncc1. The van der Waals surface area contributed by atoms with E-state index in [0.29, 0.717) is 11.0 Å². The van der Waals surface area contributed by atoms with Crippen LogP contribution < -0.4 is 0 Å². The number of nitro groups is 2. The molecule has 10 nitrogen and oxygen atoms in total. The van der Waals surface area contributed by atoms with Crippen LogP contribution in [-0.2, 0) is 7.05 Å². The Morgan fingerprint density at radius 2 is 1.76 bits per heavy atom. The molecule has 0 amide bonds. The van der Waals surface area contributed by atoms with Crippen molar-refractivity contribution in [2.75, 3.05) is 0 Å². The first-order valence-corrected chi connectivity index (χ1v) is 7.69. The molecule has 0 atom stereocenters. The standard InChI is InChI=1S/C14H10N6O4S/c1-18-13(9-4-6-15-7-5-9)16-17-14(18)25-12-3-2-10(19(21)22)8-11(12)20(23)24/h2-8H,1H3. The van der Waals surface area contributed by atoms with Crippen LogP contribution in [0.2, 0.25) is 0 Å². The van der Waals surface area contributed by atoms with E-state index in [0.717, 1.165) is 23.4 Å². The largest absolute Gasteiger partial charge is 0.305 e. The number of hydrogen-bond acceptors (Lipinski definition) is 8. The number of nitrogens with zero attached hydrogens (tertiary/aromatic N) is 6. The lowest BCUT2D eigenvalue weighted by Crippen LogP contribution is -1.97. The highest BCUT2D eigenvalue weighted by molar-refractivity contribution is 7.99. The zero-order valence-electron chi connectivity index (χ0n) is 12.8. The van der Waals surface area contributed by atoms with Crippen molar-refractivity contribution >= 4 is 23.1 Å². The number of aromatic nitrogens is 4. The Morgan fingerprint density at radius 3 is 2.40 bits per heavy atom. The molecule has 11 heteroatoms. The number of hydrogen-bond donors (Lipinski definition) is 0. The number of rotatable bonds is 5. The molecule has 25 heavy (non-hydrogen) atoms. The van der Waals surface area contributed by atoms with E-state index in [1.807, 2.05) is 0 Å². The maximum Gasteiger partial charge on any atom is 0.290 e. The molecule has 0 aliphatic rings. The number of benzene rings is 1. The third kappa shape index (κ3) is 3.30. The lowest BCUT2D eigenvalue weighted by molar-refractivity contribution is -0.396. The first-order valence-electron chi connectivity index (χ1n) is 6.88. The van der Waals surface area contributed by atoms with Crippen LogP contribution in [0.5, 0.6) is 0 Å². The topological polar surface area (TPSA) is 130 Å². The highest BCUT2D eigenvalue weighted by Crippen LogP contribution is 2.36. The third-order valence-electron chi connectivity index (χ3n) is 3.32. The molecule has 0 saturated carbocycles. The van der Waals surface area contributed by atoms with Gasteiger partial charge in [-0.05, 0) is 30.0 Å². The summed E-state index contributed by atoms with van der Waals surface area (Å²) in [5.74, 6) is 0.578. The molecular weight excluding hydrogens is 348 g/mol. The van der Waals surface area contributed by atoms with Gasteiger partial charge in [0.1, 0.15) is 0 Å². The predicted octanol–water partition coefficient (Wildman–Crippen LogP) is 2.84. The molecule has 2 heterocycles. The van der Waals surface area contributed by atoms with E-state index in [4.69, 9.17) is 0 Å². The predicted molar refractivity (Wildman–Crippen MR) is 88.1 cm³/mol. The van der Waals surface area contributed by atoms with Crippen molar-refractivity contribution < 1.29 is 9.85 Å². The van der Waals surface area contributed by atoms with Gasteiger partial charge in [0, 0.05) is 31.1 Å². The van der Waals surface area contributed by atoms with Gasteiger partial charge >= 0.3 is 0 Å². The molecule has 0 bridgehead atoms. The van der Waals surface area contributed by atoms with Crippen molar-refractivity contribution in [3.8, 4) is 11.4 Å². The van der Waals surface area contributed by atoms with E-state index in [1.165, 1.54) is 12.1 Å². The van der Waals surface area contributed by atoms with Crippen LogP contribution in [0.1, 0.15) is 0 Å². The zero-order valence-corrected chi connectivity index (χ0v) is 13.6. The molecule has 3 aromatic rings. The van der Waals surface area contributed by atoms with Gasteiger partial charge < -0.3 is 4.57 Å². The summed E-state index contributed by atoms with van der Waals surface area (Å²) in [5, 5.41) is 30.6. The third-order valence-corrected chi connectivity index (χ3v) is 4.43. The Balaban J connectivity index is 1.97. The van der Waals surface area contributed by atoms with Gasteiger partial charge in [0.05, 0.1) is 20.8 Å². The molecule has 0 saturated heterocycles. The van der Waals surface area contributed by atoms with Crippen LogP contribution in [0.3, 0.4) is 0 Å². The summed E-state index contributed by atoms with van der Waals surface area (Å²) in [6.07, 6.45) is 3.25. The van der Waals surface area contributed by atoms with Crippen LogP contribution in [-0.4, -0.2) is 29.6 Å². The summed E-state index contributed by atoms with van der Waals surface area (Å²) in [6, 6.07) is 7.03. The van der Waals surface area contributed by atoms with Crippen molar-refractivity contribution in [2.45, 2.75) is 10.1 Å². The molecule has 0 unspecified atom stereocenters. The molecule has 1 aromatic carbocycles. The van der Waals surface area contributed by atoms with Gasteiger partial charge in [0.2, 0.25) is 0 Å². The van der Waals surface area contributed by atoms with Crippen LogP contribution in [0.25, 0.3) is 11.4 Å². The van der Waals surface area contributed by atoms with Gasteiger partial charge in [-0.1, -0.05) is 0 Å². The molecule has 0 aliphatic heterocycles. The van der Waals surface area contributed by atoms with Gasteiger partial charge in [-0.15, -0.1) is 10.2 Å². The first kappa shape index (κ1) is 16.5. The van der Waals surface area contributed by atoms with Crippen molar-refractivity contribution in [3.05, 3.63) is 63.0 Å². The Hall–Kier alpha value is -3.34. The molecule has 2 aromatic heterocycles. The lowest BCUT2D eigenvalue weighted by atomic mass is 10.2. The second-order valence-electron chi connectivity index (χ2n) is 4.87. The number of pyridine rings is 1. The van der Waals surface area contributed by atoms with E-state index >= 15 is 0 Å². The van der Waals surface area contributed by atoms with E-state index in [-0.39, 0.29) is 16.3 Å². The first-order chi connectivity index (χ1) is 12.0. The summed E-state index contributed by atoms with van der Waals surface area (Å²) in [6.45, 7) is 0. The van der Waals surface area contributed by atoms with E-state index < -0.39 is 9.85 Å². The Labute approximate surface area is 144 Å². The molecule has 0 fully saturated rings. The minimum Gasteiger partial charge on any atom is -0.305 e. The molecule has 0 aliphatic carbocycles. The van der Waals surface area contributed by atoms with Crippen LogP contribution in [0, 0.1) is 20.2 Å². The van der Waals surface area contributed by atoms with Gasteiger partial charge in [0.25, 0.3) is 11.4 Å². The van der Waals surface area contributed by atoms with Crippen molar-refractivity contribution in [1.29, 1.82) is 0 Å². The summed E-state index contributed by atoms with van der Waals surface area (Å²) in [4.78, 5) is 24.9. The maximum absolute atomic E-state index is 11.2. The number of nitro benzene ring substituents is 2. The minimum atomic E-state index is -0.675. The van der Waals surface area contributed by atoms with Crippen LogP contribution in [0.15, 0.2) is 52.8 Å². The fourth-order valence-electron chi connectivity index (χ4n) is 2.10. The molecule has 0 spiro atoms. The highest BCUT2D eigenvalue weighted by Gasteiger charge is 2.22. The lowest BCUT2D eigenvalue weighted by Gasteiger charge is -2.04. The van der Waals surface area contributed by atoms with Crippen molar-refractivity contribution in [2.24, 2.45) is 7.05 Å². The monoisotopic (exact) mass is 358 g/mol. The Morgan fingerprint density at radius 1 is 1.04 bits per heavy atom. The normalized spacial score (nSPS) is 10.6. The molecule has 3 rings (SSSR count). The summed E-state index contributed by atoms with van der Waals surface area (Å²) >= 11 is 1.01. The molecule has 0 N–H and O–H groups in total. The molecular formula is C14H10N6O4S. The van der Waals surface area contributed by atoms with Gasteiger partial charge in [0.15, 0.2) is 11.0 Å². The Bertz CT molecular complexity index is 959. The van der Waals surface area contributed by atoms with Gasteiger partial charge in [-0.2, -0.15) is 0 Å². The van der Waals surface area contributed by atoms with Gasteiger partial charge in [-0.25, -0.2) is 0 Å². The van der Waals surface area contributed by atoms with Crippen LogP contribution in [0.4, 0.5) is 11.4 Å². The average Bonchev–Trinajstić information content (AvgIpc) is 2.96. The molecule has 0 radical (unpaired) electrons. The quantitative estimate of drug-likeness (QED) is 0.502. The van der Waals surface area contributed by atoms with E-state index in [2.05, 4.69) is 15.2 Å². The maximum atomic E-state index is 11.2. The average molecular weight is 358 g/mol. The van der Waals surface area contributed by atoms with Crippen LogP contribution >= 0.6 is 11.8 Å². The minimum absolute atomic E-state index is 0.243. The highest BCUT2D eigenvalue weighted by atomic mass is 32.2. The fourth-order valence-corrected chi connectivity index (χ4v) is 2.98. The second kappa shape index (κ2) is 6.65. The Kier molecular flexibility index (Phi) is 4.39. The van der Waals surface area contributed by atoms with E-state index in [1.54, 1.807) is 36.1 Å². The van der Waals surface area contributed by atoms with Crippen molar-refractivity contribution in [3.63, 3.8) is 0 Å². The van der Waals surface area contributed by atoms with Gasteiger partial charge in [-0.3, -0.25) is 25.2 Å². The number of non-ortho nitro benzene ring substituents is 1. The smallest absolute Gasteiger partial charge is 0.290 e. The zero-order chi connectivity index (χ0) is 18.0. The summed E-state index contributed by atoms with van der Waals surface area (Å²) in [7, 11) is 1.73. The summed E-state index contributed by atoms with van der Waals surface area (Å²) in [5.41, 5.74) is 0.106. The second-order valence-corrected chi connectivity index (χ2v) is 5.88. The van der Waals surface area contributed by atoms with Crippen molar-refractivity contribution in [1.82, 2.24) is 19.7 Å². The summed E-state index contributed by atoms with van der Waals surface area (Å²) < 4.78 is 1.69. The fraction of sp³-hybridized carbons (Fsp3) is 0.0714.